The van der Waals surface area contributed by atoms with Crippen molar-refractivity contribution in [3.8, 4) is 0 Å². The van der Waals surface area contributed by atoms with E-state index in [0.29, 0.717) is 12.0 Å². The zero-order chi connectivity index (χ0) is 15.9. The van der Waals surface area contributed by atoms with Crippen LogP contribution >= 0.6 is 0 Å². The van der Waals surface area contributed by atoms with Gasteiger partial charge in [0.05, 0.1) is 0 Å². The predicted molar refractivity (Wildman–Crippen MR) is 85.6 cm³/mol. The molecule has 0 saturated carbocycles. The molecule has 6 heteroatoms. The number of primary amides is 1. The molecule has 122 valence electrons. The van der Waals surface area contributed by atoms with E-state index < -0.39 is 6.03 Å². The smallest absolute Gasteiger partial charge is 0.339 e. The van der Waals surface area contributed by atoms with Gasteiger partial charge in [-0.3, -0.25) is 4.90 Å². The maximum atomic E-state index is 11.1. The summed E-state index contributed by atoms with van der Waals surface area (Å²) in [5.74, 6) is 0.801. The Bertz CT molecular complexity index is 355. The number of nitrogens with zero attached hydrogens (tertiary/aromatic N) is 3. The lowest BCUT2D eigenvalue weighted by atomic mass is 9.96. The molecule has 0 aliphatic carbocycles. The molecule has 1 aliphatic heterocycles. The second-order valence-corrected chi connectivity index (χ2v) is 6.79. The molecular formula is C15H30N4O2. The minimum atomic E-state index is -0.612. The highest BCUT2D eigenvalue weighted by atomic mass is 16.5. The molecule has 6 nitrogen and oxygen atoms in total. The Morgan fingerprint density at radius 1 is 1.24 bits per heavy atom. The quantitative estimate of drug-likeness (QED) is 0.475. The number of urea groups is 1. The number of amidine groups is 1. The molecular weight excluding hydrogens is 268 g/mol. The van der Waals surface area contributed by atoms with Crippen molar-refractivity contribution in [3.05, 3.63) is 0 Å². The molecule has 1 fully saturated rings. The molecule has 1 heterocycles. The summed E-state index contributed by atoms with van der Waals surface area (Å²) in [6.07, 6.45) is 1.58. The van der Waals surface area contributed by atoms with E-state index in [-0.39, 0.29) is 0 Å². The van der Waals surface area contributed by atoms with Crippen LogP contribution in [-0.4, -0.2) is 68.1 Å². The monoisotopic (exact) mass is 298 g/mol. The first-order valence-corrected chi connectivity index (χ1v) is 7.65. The van der Waals surface area contributed by atoms with Gasteiger partial charge < -0.3 is 15.4 Å². The van der Waals surface area contributed by atoms with Gasteiger partial charge in [-0.15, -0.1) is 0 Å². The molecule has 0 atom stereocenters. The van der Waals surface area contributed by atoms with E-state index in [2.05, 4.69) is 35.6 Å². The predicted octanol–water partition coefficient (Wildman–Crippen LogP) is 1.55. The number of rotatable bonds is 5. The maximum Gasteiger partial charge on any atom is 0.339 e. The van der Waals surface area contributed by atoms with Crippen molar-refractivity contribution in [1.82, 2.24) is 9.80 Å². The van der Waals surface area contributed by atoms with Crippen LogP contribution in [0.2, 0.25) is 0 Å². The fourth-order valence-electron chi connectivity index (χ4n) is 2.62. The standard InChI is InChI=1S/C15H30N4O2/c1-15(2,3)12-18-7-9-19(10-8-18)13(17-14(16)20)6-5-11-21-4/h5-12H2,1-4H3,(H2,16,20). The number of ether oxygens (including phenoxy) is 1. The number of carbonyl (C=O) groups excluding carboxylic acids is 1. The number of amides is 2. The Hall–Kier alpha value is -1.14. The Labute approximate surface area is 128 Å². The third-order valence-electron chi connectivity index (χ3n) is 3.42. The van der Waals surface area contributed by atoms with Gasteiger partial charge in [0.25, 0.3) is 0 Å². The lowest BCUT2D eigenvalue weighted by Crippen LogP contribution is -2.50. The summed E-state index contributed by atoms with van der Waals surface area (Å²) in [6.45, 7) is 12.3. The normalized spacial score (nSPS) is 18.1. The Morgan fingerprint density at radius 2 is 1.86 bits per heavy atom. The minimum absolute atomic E-state index is 0.310. The summed E-state index contributed by atoms with van der Waals surface area (Å²) < 4.78 is 5.06. The van der Waals surface area contributed by atoms with Gasteiger partial charge in [-0.25, -0.2) is 4.79 Å². The van der Waals surface area contributed by atoms with E-state index in [4.69, 9.17) is 10.5 Å². The summed E-state index contributed by atoms with van der Waals surface area (Å²) in [5.41, 5.74) is 5.53. The maximum absolute atomic E-state index is 11.1. The van der Waals surface area contributed by atoms with Crippen LogP contribution in [-0.2, 0) is 4.74 Å². The molecule has 1 rings (SSSR count). The van der Waals surface area contributed by atoms with Crippen LogP contribution in [0, 0.1) is 5.41 Å². The zero-order valence-electron chi connectivity index (χ0n) is 13.9. The largest absolute Gasteiger partial charge is 0.385 e. The average molecular weight is 298 g/mol. The molecule has 0 unspecified atom stereocenters. The molecule has 1 saturated heterocycles. The molecule has 0 aromatic heterocycles. The van der Waals surface area contributed by atoms with E-state index in [0.717, 1.165) is 51.4 Å². The topological polar surface area (TPSA) is 71.2 Å². The van der Waals surface area contributed by atoms with Gasteiger partial charge in [0.2, 0.25) is 0 Å². The van der Waals surface area contributed by atoms with Crippen LogP contribution in [0.4, 0.5) is 4.79 Å². The van der Waals surface area contributed by atoms with E-state index in [1.807, 2.05) is 0 Å². The first kappa shape index (κ1) is 17.9. The van der Waals surface area contributed by atoms with Gasteiger partial charge in [-0.05, 0) is 11.8 Å². The van der Waals surface area contributed by atoms with Gasteiger partial charge in [0, 0.05) is 52.9 Å². The fraction of sp³-hybridized carbons (Fsp3) is 0.867. The fourth-order valence-corrected chi connectivity index (χ4v) is 2.62. The van der Waals surface area contributed by atoms with Gasteiger partial charge >= 0.3 is 6.03 Å². The van der Waals surface area contributed by atoms with Gasteiger partial charge in [0.15, 0.2) is 0 Å². The first-order valence-electron chi connectivity index (χ1n) is 7.65. The van der Waals surface area contributed by atoms with Crippen LogP contribution in [0.5, 0.6) is 0 Å². The molecule has 0 aromatic rings. The number of piperazine rings is 1. The van der Waals surface area contributed by atoms with Crippen molar-refractivity contribution in [3.63, 3.8) is 0 Å². The summed E-state index contributed by atoms with van der Waals surface area (Å²) in [6, 6.07) is -0.612. The van der Waals surface area contributed by atoms with Gasteiger partial charge in [-0.2, -0.15) is 4.99 Å². The molecule has 0 radical (unpaired) electrons. The molecule has 21 heavy (non-hydrogen) atoms. The SMILES string of the molecule is COCCCC(=NC(N)=O)N1CCN(CC(C)(C)C)CC1. The van der Waals surface area contributed by atoms with E-state index in [1.54, 1.807) is 7.11 Å². The van der Waals surface area contributed by atoms with Crippen molar-refractivity contribution < 1.29 is 9.53 Å². The lowest BCUT2D eigenvalue weighted by Gasteiger charge is -2.39. The number of methoxy groups -OCH3 is 1. The van der Waals surface area contributed by atoms with E-state index >= 15 is 0 Å². The number of aliphatic imine (C=N–C) groups is 1. The van der Waals surface area contributed by atoms with Crippen LogP contribution in [0.25, 0.3) is 0 Å². The Morgan fingerprint density at radius 3 is 2.33 bits per heavy atom. The van der Waals surface area contributed by atoms with Crippen molar-refractivity contribution in [2.45, 2.75) is 33.6 Å². The zero-order valence-corrected chi connectivity index (χ0v) is 13.9. The number of hydrogen-bond acceptors (Lipinski definition) is 3. The molecule has 2 amide bonds. The third kappa shape index (κ3) is 7.43. The molecule has 1 aliphatic rings. The Kier molecular flexibility index (Phi) is 7.11. The second-order valence-electron chi connectivity index (χ2n) is 6.79. The van der Waals surface area contributed by atoms with E-state index in [1.165, 1.54) is 0 Å². The molecule has 2 N–H and O–H groups in total. The summed E-state index contributed by atoms with van der Waals surface area (Å²) in [5, 5.41) is 0. The highest BCUT2D eigenvalue weighted by Crippen LogP contribution is 2.17. The van der Waals surface area contributed by atoms with Crippen LogP contribution < -0.4 is 5.73 Å². The molecule has 0 spiro atoms. The van der Waals surface area contributed by atoms with Crippen molar-refractivity contribution >= 4 is 11.9 Å². The van der Waals surface area contributed by atoms with Crippen LogP contribution in [0.3, 0.4) is 0 Å². The minimum Gasteiger partial charge on any atom is -0.385 e. The average Bonchev–Trinajstić information content (AvgIpc) is 2.36. The van der Waals surface area contributed by atoms with Crippen molar-refractivity contribution in [2.24, 2.45) is 16.1 Å². The van der Waals surface area contributed by atoms with E-state index in [9.17, 15) is 4.79 Å². The number of nitrogens with two attached hydrogens (primary N) is 1. The second kappa shape index (κ2) is 8.34. The van der Waals surface area contributed by atoms with Crippen molar-refractivity contribution in [2.75, 3.05) is 46.4 Å². The van der Waals surface area contributed by atoms with Gasteiger partial charge in [0.1, 0.15) is 5.84 Å². The Balaban J connectivity index is 2.53. The first-order chi connectivity index (χ1) is 9.81. The molecule has 0 aromatic carbocycles. The van der Waals surface area contributed by atoms with Gasteiger partial charge in [-0.1, -0.05) is 20.8 Å². The van der Waals surface area contributed by atoms with Crippen LogP contribution in [0.15, 0.2) is 4.99 Å². The lowest BCUT2D eigenvalue weighted by molar-refractivity contribution is 0.134. The highest BCUT2D eigenvalue weighted by molar-refractivity contribution is 5.93. The number of carbonyl (C=O) groups is 1. The molecule has 0 bridgehead atoms. The summed E-state index contributed by atoms with van der Waals surface area (Å²) in [7, 11) is 1.68. The summed E-state index contributed by atoms with van der Waals surface area (Å²) >= 11 is 0. The number of hydrogen-bond donors (Lipinski definition) is 1. The third-order valence-corrected chi connectivity index (χ3v) is 3.42. The van der Waals surface area contributed by atoms with Crippen LogP contribution in [0.1, 0.15) is 33.6 Å². The summed E-state index contributed by atoms with van der Waals surface area (Å²) in [4.78, 5) is 19.7. The van der Waals surface area contributed by atoms with Crippen molar-refractivity contribution in [1.29, 1.82) is 0 Å². The highest BCUT2D eigenvalue weighted by Gasteiger charge is 2.23.